The zero-order chi connectivity index (χ0) is 45.0. The Hall–Kier alpha value is -5.41. The molecule has 1 amide bonds. The molecule has 6 heterocycles. The number of benzene rings is 3. The molecule has 0 aliphatic carbocycles. The molecule has 2 aliphatic rings. The summed E-state index contributed by atoms with van der Waals surface area (Å²) >= 11 is 7.05. The van der Waals surface area contributed by atoms with E-state index in [1.165, 1.54) is 12.5 Å². The second-order valence-electron chi connectivity index (χ2n) is 15.8. The number of nitrogens with one attached hydrogen (secondary N) is 3. The number of sulfone groups is 2. The van der Waals surface area contributed by atoms with E-state index in [-0.39, 0.29) is 23.5 Å². The molecule has 0 atom stereocenters. The van der Waals surface area contributed by atoms with Crippen molar-refractivity contribution in [3.8, 4) is 0 Å². The molecule has 20 heteroatoms. The Morgan fingerprint density at radius 3 is 1.59 bits per heavy atom. The number of aromatic nitrogens is 6. The van der Waals surface area contributed by atoms with E-state index >= 15 is 0 Å². The average Bonchev–Trinajstić information content (AvgIpc) is 3.87. The predicted molar refractivity (Wildman–Crippen MR) is 252 cm³/mol. The van der Waals surface area contributed by atoms with Crippen molar-refractivity contribution in [1.29, 1.82) is 0 Å². The maximum atomic E-state index is 12.6. The van der Waals surface area contributed by atoms with Gasteiger partial charge in [-0.25, -0.2) is 31.6 Å². The number of carbonyl (C=O) groups is 1. The Labute approximate surface area is 387 Å². The molecule has 3 aromatic carbocycles. The number of piperidine rings is 2. The van der Waals surface area contributed by atoms with E-state index in [0.717, 1.165) is 87.5 Å². The highest BCUT2D eigenvalue weighted by Crippen LogP contribution is 2.33. The molecule has 7 aromatic rings. The molecule has 9 rings (SSSR count). The van der Waals surface area contributed by atoms with E-state index in [9.17, 15) is 21.6 Å². The topological polar surface area (TPSA) is 194 Å². The zero-order valence-electron chi connectivity index (χ0n) is 35.0. The smallest absolute Gasteiger partial charge is 0.410 e. The number of hydrogen-bond acceptors (Lipinski definition) is 13. The fourth-order valence-corrected chi connectivity index (χ4v) is 9.62. The van der Waals surface area contributed by atoms with Crippen LogP contribution in [0.2, 0.25) is 0 Å². The van der Waals surface area contributed by atoms with Crippen LogP contribution < -0.4 is 16.0 Å². The quantitative estimate of drug-likeness (QED) is 0.119. The summed E-state index contributed by atoms with van der Waals surface area (Å²) in [5, 5.41) is 18.9. The standard InChI is InChI=1S/C26H26BrN5O4S.C18H20BrN5O2S/c1-37(34,35)21-9-7-20(8-10-21)29-24-15-23(30-25-22(27)16-28-32(24)25)19-11-13-31(14-12-19)26(33)36-17-18-5-3-2-4-6-18;1-27(25,26)14-4-2-13(3-5-14)22-17-10-16(12-6-8-20-9-7-12)23-18-15(19)11-21-24(17)18/h2-10,15-16,19,29H,11-14,17H2,1H3;2-5,10-12,20,22H,6-9H2,1H3. The molecule has 3 N–H and O–H groups in total. The first-order chi connectivity index (χ1) is 30.7. The van der Waals surface area contributed by atoms with E-state index in [4.69, 9.17) is 14.7 Å². The van der Waals surface area contributed by atoms with Crippen LogP contribution in [0.15, 0.2) is 122 Å². The van der Waals surface area contributed by atoms with Gasteiger partial charge in [0.25, 0.3) is 0 Å². The highest BCUT2D eigenvalue weighted by molar-refractivity contribution is 9.11. The first-order valence-corrected chi connectivity index (χ1v) is 26.0. The van der Waals surface area contributed by atoms with E-state index < -0.39 is 19.7 Å². The third-order valence-electron chi connectivity index (χ3n) is 11.1. The van der Waals surface area contributed by atoms with Crippen LogP contribution in [-0.2, 0) is 31.0 Å². The average molecular weight is 1030 g/mol. The lowest BCUT2D eigenvalue weighted by Crippen LogP contribution is -2.38. The zero-order valence-corrected chi connectivity index (χ0v) is 39.8. The first-order valence-electron chi connectivity index (χ1n) is 20.6. The highest BCUT2D eigenvalue weighted by Gasteiger charge is 2.27. The van der Waals surface area contributed by atoms with Crippen molar-refractivity contribution in [2.24, 2.45) is 0 Å². The van der Waals surface area contributed by atoms with Crippen LogP contribution in [-0.4, -0.2) is 95.7 Å². The van der Waals surface area contributed by atoms with Gasteiger partial charge >= 0.3 is 6.09 Å². The SMILES string of the molecule is CS(=O)(=O)c1ccc(Nc2cc(C3CCN(C(=O)OCc4ccccc4)CC3)nc3c(Br)cnn23)cc1.CS(=O)(=O)c1ccc(Nc2cc(C3CCNCC3)nc3c(Br)cnn23)cc1. The van der Waals surface area contributed by atoms with Gasteiger partial charge in [-0.3, -0.25) is 0 Å². The minimum atomic E-state index is -3.27. The normalized spacial score (nSPS) is 15.2. The largest absolute Gasteiger partial charge is 0.445 e. The lowest BCUT2D eigenvalue weighted by Gasteiger charge is -2.31. The van der Waals surface area contributed by atoms with Crippen molar-refractivity contribution >= 4 is 91.9 Å². The highest BCUT2D eigenvalue weighted by atomic mass is 79.9. The monoisotopic (exact) mass is 1030 g/mol. The van der Waals surface area contributed by atoms with Crippen molar-refractivity contribution in [2.45, 2.75) is 53.9 Å². The van der Waals surface area contributed by atoms with Gasteiger partial charge in [-0.1, -0.05) is 30.3 Å². The third kappa shape index (κ3) is 10.7. The number of ether oxygens (including phenoxy) is 1. The molecular weight excluding hydrogens is 988 g/mol. The number of halogens is 2. The van der Waals surface area contributed by atoms with Gasteiger partial charge in [0.15, 0.2) is 31.0 Å². The number of carbonyl (C=O) groups excluding carboxylic acids is 1. The van der Waals surface area contributed by atoms with Gasteiger partial charge in [0, 0.05) is 72.3 Å². The lowest BCUT2D eigenvalue weighted by molar-refractivity contribution is 0.0868. The van der Waals surface area contributed by atoms with Crippen LogP contribution in [0.5, 0.6) is 0 Å². The summed E-state index contributed by atoms with van der Waals surface area (Å²) in [5.74, 6) is 2.08. The summed E-state index contributed by atoms with van der Waals surface area (Å²) in [6, 6.07) is 26.9. The lowest BCUT2D eigenvalue weighted by atomic mass is 9.93. The number of nitrogens with zero attached hydrogens (tertiary/aromatic N) is 7. The van der Waals surface area contributed by atoms with Gasteiger partial charge in [-0.2, -0.15) is 19.2 Å². The van der Waals surface area contributed by atoms with Crippen molar-refractivity contribution in [2.75, 3.05) is 49.3 Å². The van der Waals surface area contributed by atoms with Crippen LogP contribution in [0.3, 0.4) is 0 Å². The Morgan fingerprint density at radius 1 is 0.688 bits per heavy atom. The van der Waals surface area contributed by atoms with Crippen molar-refractivity contribution in [1.82, 2.24) is 39.4 Å². The Kier molecular flexibility index (Phi) is 13.7. The van der Waals surface area contributed by atoms with Crippen molar-refractivity contribution in [3.05, 3.63) is 129 Å². The number of anilines is 4. The van der Waals surface area contributed by atoms with E-state index in [1.54, 1.807) is 74.9 Å². The summed E-state index contributed by atoms with van der Waals surface area (Å²) in [6.45, 7) is 3.41. The molecule has 2 saturated heterocycles. The second kappa shape index (κ2) is 19.4. The molecule has 2 fully saturated rings. The molecular formula is C44H46Br2N10O6S2. The number of fused-ring (bicyclic) bond motifs is 2. The maximum Gasteiger partial charge on any atom is 0.410 e. The molecule has 64 heavy (non-hydrogen) atoms. The molecule has 334 valence electrons. The number of likely N-dealkylation sites (tertiary alicyclic amines) is 1. The number of amides is 1. The maximum absolute atomic E-state index is 12.6. The van der Waals surface area contributed by atoms with Crippen LogP contribution in [0.25, 0.3) is 11.3 Å². The Balaban J connectivity index is 0.000000184. The molecule has 16 nitrogen and oxygen atoms in total. The summed E-state index contributed by atoms with van der Waals surface area (Å²) in [4.78, 5) is 24.5. The van der Waals surface area contributed by atoms with Gasteiger partial charge < -0.3 is 25.6 Å². The van der Waals surface area contributed by atoms with Crippen LogP contribution in [0.4, 0.5) is 27.8 Å². The third-order valence-corrected chi connectivity index (χ3v) is 14.5. The van der Waals surface area contributed by atoms with Gasteiger partial charge in [-0.05, 0) is 125 Å². The minimum Gasteiger partial charge on any atom is -0.445 e. The fourth-order valence-electron chi connectivity index (χ4n) is 7.66. The Morgan fingerprint density at radius 2 is 1.14 bits per heavy atom. The number of hydrogen-bond donors (Lipinski definition) is 3. The molecule has 4 aromatic heterocycles. The van der Waals surface area contributed by atoms with E-state index in [1.807, 2.05) is 42.5 Å². The van der Waals surface area contributed by atoms with Crippen LogP contribution >= 0.6 is 31.9 Å². The second-order valence-corrected chi connectivity index (χ2v) is 21.5. The minimum absolute atomic E-state index is 0.165. The van der Waals surface area contributed by atoms with Crippen molar-refractivity contribution < 1.29 is 26.4 Å². The van der Waals surface area contributed by atoms with E-state index in [0.29, 0.717) is 35.4 Å². The molecule has 0 unspecified atom stereocenters. The van der Waals surface area contributed by atoms with Crippen LogP contribution in [0.1, 0.15) is 54.5 Å². The summed E-state index contributed by atoms with van der Waals surface area (Å²) in [7, 11) is -6.48. The Bertz CT molecular complexity index is 2990. The fraction of sp³-hybridized carbons (Fsp3) is 0.295. The molecule has 2 aliphatic heterocycles. The van der Waals surface area contributed by atoms with E-state index in [2.05, 4.69) is 58.0 Å². The number of rotatable bonds is 10. The summed E-state index contributed by atoms with van der Waals surface area (Å²) in [5.41, 5.74) is 5.87. The van der Waals surface area contributed by atoms with Gasteiger partial charge in [-0.15, -0.1) is 0 Å². The molecule has 0 radical (unpaired) electrons. The van der Waals surface area contributed by atoms with Crippen molar-refractivity contribution in [3.63, 3.8) is 0 Å². The summed E-state index contributed by atoms with van der Waals surface area (Å²) in [6.07, 6.45) is 9.13. The summed E-state index contributed by atoms with van der Waals surface area (Å²) < 4.78 is 57.4. The van der Waals surface area contributed by atoms with Gasteiger partial charge in [0.2, 0.25) is 0 Å². The first kappa shape index (κ1) is 45.2. The van der Waals surface area contributed by atoms with Gasteiger partial charge in [0.05, 0.1) is 31.1 Å². The van der Waals surface area contributed by atoms with Gasteiger partial charge in [0.1, 0.15) is 18.2 Å². The molecule has 0 saturated carbocycles. The predicted octanol–water partition coefficient (Wildman–Crippen LogP) is 8.26. The molecule has 0 spiro atoms. The van der Waals surface area contributed by atoms with Crippen LogP contribution in [0, 0.1) is 0 Å². The molecule has 0 bridgehead atoms.